The first kappa shape index (κ1) is 20.5. The number of carbonyl (C=O) groups is 1. The number of methoxy groups -OCH3 is 1. The maximum atomic E-state index is 12.4. The zero-order chi connectivity index (χ0) is 21.0. The molecule has 1 amide bonds. The second-order valence-corrected chi connectivity index (χ2v) is 7.16. The van der Waals surface area contributed by atoms with E-state index in [0.29, 0.717) is 11.3 Å². The molecular formula is C21H18BrN3O4. The molecule has 0 aromatic heterocycles. The van der Waals surface area contributed by atoms with E-state index < -0.39 is 4.92 Å². The number of benzene rings is 3. The average molecular weight is 456 g/mol. The molecule has 148 valence electrons. The van der Waals surface area contributed by atoms with Gasteiger partial charge in [0.15, 0.2) is 5.75 Å². The van der Waals surface area contributed by atoms with Crippen LogP contribution in [0.1, 0.15) is 18.1 Å². The molecule has 7 nitrogen and oxygen atoms in total. The molecule has 0 fully saturated rings. The standard InChI is InChI=1S/C21H18BrN3O4/c1-13(14-8-10-20(29-2)19(11-14)25(27)28)23-24-21(26)12-15-7-9-18(22)17-6-4-3-5-16(15)17/h3-11H,12H2,1-2H3,(H,24,26)/b23-13+. The number of hydrogen-bond donors (Lipinski definition) is 1. The Morgan fingerprint density at radius 3 is 2.59 bits per heavy atom. The molecule has 0 aliphatic rings. The molecule has 3 aromatic carbocycles. The number of halogens is 1. The summed E-state index contributed by atoms with van der Waals surface area (Å²) in [7, 11) is 1.37. The van der Waals surface area contributed by atoms with Crippen LogP contribution in [-0.2, 0) is 11.2 Å². The predicted molar refractivity (Wildman–Crippen MR) is 115 cm³/mol. The maximum absolute atomic E-state index is 12.4. The van der Waals surface area contributed by atoms with Gasteiger partial charge in [0.05, 0.1) is 24.2 Å². The zero-order valence-electron chi connectivity index (χ0n) is 15.8. The average Bonchev–Trinajstić information content (AvgIpc) is 2.73. The predicted octanol–water partition coefficient (Wildman–Crippen LogP) is 4.60. The molecule has 0 aliphatic heterocycles. The van der Waals surface area contributed by atoms with E-state index in [2.05, 4.69) is 26.5 Å². The minimum Gasteiger partial charge on any atom is -0.490 e. The van der Waals surface area contributed by atoms with Crippen LogP contribution in [0.4, 0.5) is 5.69 Å². The molecule has 3 aromatic rings. The molecular weight excluding hydrogens is 438 g/mol. The summed E-state index contributed by atoms with van der Waals surface area (Å²) in [6, 6.07) is 16.2. The van der Waals surface area contributed by atoms with Crippen molar-refractivity contribution in [3.05, 3.63) is 80.3 Å². The Labute approximate surface area is 175 Å². The number of nitro benzene ring substituents is 1. The molecule has 0 saturated heterocycles. The number of nitrogens with one attached hydrogen (secondary N) is 1. The highest BCUT2D eigenvalue weighted by Gasteiger charge is 2.16. The highest BCUT2D eigenvalue weighted by atomic mass is 79.9. The van der Waals surface area contributed by atoms with Crippen LogP contribution in [0.15, 0.2) is 64.2 Å². The van der Waals surface area contributed by atoms with E-state index in [9.17, 15) is 14.9 Å². The van der Waals surface area contributed by atoms with Gasteiger partial charge in [-0.25, -0.2) is 5.43 Å². The van der Waals surface area contributed by atoms with Crippen LogP contribution >= 0.6 is 15.9 Å². The molecule has 1 N–H and O–H groups in total. The van der Waals surface area contributed by atoms with E-state index >= 15 is 0 Å². The summed E-state index contributed by atoms with van der Waals surface area (Å²) in [5.74, 6) is -0.113. The van der Waals surface area contributed by atoms with Gasteiger partial charge in [0.2, 0.25) is 5.91 Å². The number of nitro groups is 1. The Balaban J connectivity index is 1.77. The van der Waals surface area contributed by atoms with Gasteiger partial charge in [0, 0.05) is 16.1 Å². The van der Waals surface area contributed by atoms with Crippen molar-refractivity contribution in [3.8, 4) is 5.75 Å². The number of nitrogens with zero attached hydrogens (tertiary/aromatic N) is 2. The van der Waals surface area contributed by atoms with Crippen molar-refractivity contribution in [1.82, 2.24) is 5.43 Å². The number of hydrazone groups is 1. The Hall–Kier alpha value is -3.26. The Morgan fingerprint density at radius 2 is 1.90 bits per heavy atom. The van der Waals surface area contributed by atoms with Crippen molar-refractivity contribution < 1.29 is 14.5 Å². The van der Waals surface area contributed by atoms with Gasteiger partial charge in [-0.1, -0.05) is 46.3 Å². The summed E-state index contributed by atoms with van der Waals surface area (Å²) in [6.07, 6.45) is 0.160. The van der Waals surface area contributed by atoms with E-state index in [4.69, 9.17) is 4.74 Å². The number of ether oxygens (including phenoxy) is 1. The maximum Gasteiger partial charge on any atom is 0.311 e. The van der Waals surface area contributed by atoms with Crippen LogP contribution in [-0.4, -0.2) is 23.7 Å². The van der Waals surface area contributed by atoms with Crippen LogP contribution in [0.5, 0.6) is 5.75 Å². The first-order valence-corrected chi connectivity index (χ1v) is 9.52. The number of carbonyl (C=O) groups excluding carboxylic acids is 1. The van der Waals surface area contributed by atoms with Crippen LogP contribution in [0.25, 0.3) is 10.8 Å². The molecule has 0 radical (unpaired) electrons. The summed E-state index contributed by atoms with van der Waals surface area (Å²) in [6.45, 7) is 1.67. The fraction of sp³-hybridized carbons (Fsp3) is 0.143. The first-order chi connectivity index (χ1) is 13.9. The summed E-state index contributed by atoms with van der Waals surface area (Å²) in [4.78, 5) is 23.0. The van der Waals surface area contributed by atoms with Gasteiger partial charge in [0.1, 0.15) is 0 Å². The minimum absolute atomic E-state index is 0.160. The second kappa shape index (κ2) is 8.83. The molecule has 0 heterocycles. The Morgan fingerprint density at radius 1 is 1.17 bits per heavy atom. The first-order valence-electron chi connectivity index (χ1n) is 8.72. The number of hydrogen-bond acceptors (Lipinski definition) is 5. The summed E-state index contributed by atoms with van der Waals surface area (Å²) in [5.41, 5.74) is 4.21. The van der Waals surface area contributed by atoms with E-state index in [1.54, 1.807) is 13.0 Å². The highest BCUT2D eigenvalue weighted by molar-refractivity contribution is 9.10. The Bertz CT molecular complexity index is 1130. The van der Waals surface area contributed by atoms with Crippen LogP contribution in [0.3, 0.4) is 0 Å². The fourth-order valence-electron chi connectivity index (χ4n) is 2.96. The highest BCUT2D eigenvalue weighted by Crippen LogP contribution is 2.28. The largest absolute Gasteiger partial charge is 0.490 e. The van der Waals surface area contributed by atoms with Crippen LogP contribution in [0.2, 0.25) is 0 Å². The fourth-order valence-corrected chi connectivity index (χ4v) is 3.44. The van der Waals surface area contributed by atoms with Crippen molar-refractivity contribution in [2.24, 2.45) is 5.10 Å². The molecule has 0 spiro atoms. The third-order valence-electron chi connectivity index (χ3n) is 4.45. The molecule has 0 aliphatic carbocycles. The SMILES string of the molecule is COc1ccc(/C(C)=N/NC(=O)Cc2ccc(Br)c3ccccc23)cc1[N+](=O)[O-]. The molecule has 0 atom stereocenters. The van der Waals surface area contributed by atoms with Gasteiger partial charge in [-0.2, -0.15) is 5.10 Å². The zero-order valence-corrected chi connectivity index (χ0v) is 17.4. The minimum atomic E-state index is -0.521. The van der Waals surface area contributed by atoms with E-state index in [0.717, 1.165) is 20.8 Å². The van der Waals surface area contributed by atoms with Gasteiger partial charge in [-0.3, -0.25) is 14.9 Å². The van der Waals surface area contributed by atoms with Gasteiger partial charge < -0.3 is 4.74 Å². The van der Waals surface area contributed by atoms with E-state index in [1.165, 1.54) is 19.2 Å². The number of amides is 1. The summed E-state index contributed by atoms with van der Waals surface area (Å²) in [5, 5.41) is 17.3. The van der Waals surface area contributed by atoms with Crippen LogP contribution < -0.4 is 10.2 Å². The van der Waals surface area contributed by atoms with Gasteiger partial charge in [0.25, 0.3) is 0 Å². The lowest BCUT2D eigenvalue weighted by Gasteiger charge is -2.08. The molecule has 8 heteroatoms. The quantitative estimate of drug-likeness (QED) is 0.333. The lowest BCUT2D eigenvalue weighted by Crippen LogP contribution is -2.21. The van der Waals surface area contributed by atoms with E-state index in [-0.39, 0.29) is 23.8 Å². The van der Waals surface area contributed by atoms with Gasteiger partial charge in [-0.15, -0.1) is 0 Å². The second-order valence-electron chi connectivity index (χ2n) is 6.30. The summed E-state index contributed by atoms with van der Waals surface area (Å²) < 4.78 is 5.96. The summed E-state index contributed by atoms with van der Waals surface area (Å²) >= 11 is 3.52. The molecule has 0 bridgehead atoms. The number of rotatable bonds is 6. The smallest absolute Gasteiger partial charge is 0.311 e. The van der Waals surface area contributed by atoms with Crippen molar-refractivity contribution in [1.29, 1.82) is 0 Å². The van der Waals surface area contributed by atoms with Crippen molar-refractivity contribution in [2.75, 3.05) is 7.11 Å². The van der Waals surface area contributed by atoms with Crippen LogP contribution in [0, 0.1) is 10.1 Å². The molecule has 29 heavy (non-hydrogen) atoms. The third kappa shape index (κ3) is 4.60. The van der Waals surface area contributed by atoms with E-state index in [1.807, 2.05) is 36.4 Å². The lowest BCUT2D eigenvalue weighted by atomic mass is 10.0. The van der Waals surface area contributed by atoms with Gasteiger partial charge >= 0.3 is 5.69 Å². The molecule has 0 unspecified atom stereocenters. The van der Waals surface area contributed by atoms with Gasteiger partial charge in [-0.05, 0) is 41.5 Å². The molecule has 3 rings (SSSR count). The van der Waals surface area contributed by atoms with Crippen molar-refractivity contribution >= 4 is 44.0 Å². The molecule has 0 saturated carbocycles. The Kier molecular flexibility index (Phi) is 6.23. The normalized spacial score (nSPS) is 11.3. The van der Waals surface area contributed by atoms with Crippen molar-refractivity contribution in [2.45, 2.75) is 13.3 Å². The number of fused-ring (bicyclic) bond motifs is 1. The third-order valence-corrected chi connectivity index (χ3v) is 5.15. The lowest BCUT2D eigenvalue weighted by molar-refractivity contribution is -0.385. The monoisotopic (exact) mass is 455 g/mol. The topological polar surface area (TPSA) is 93.8 Å². The van der Waals surface area contributed by atoms with Crippen molar-refractivity contribution in [3.63, 3.8) is 0 Å².